The summed E-state index contributed by atoms with van der Waals surface area (Å²) in [5.41, 5.74) is 0.813. The van der Waals surface area contributed by atoms with Gasteiger partial charge in [-0.15, -0.1) is 0 Å². The first-order valence-corrected chi connectivity index (χ1v) is 7.38. The van der Waals surface area contributed by atoms with Gasteiger partial charge in [-0.05, 0) is 26.8 Å². The number of fused-ring (bicyclic) bond motifs is 1. The summed E-state index contributed by atoms with van der Waals surface area (Å²) in [6.45, 7) is 6.17. The van der Waals surface area contributed by atoms with Crippen LogP contribution in [0.5, 0.6) is 11.5 Å². The van der Waals surface area contributed by atoms with Crippen molar-refractivity contribution >= 4 is 11.8 Å². The van der Waals surface area contributed by atoms with Crippen LogP contribution in [0.25, 0.3) is 0 Å². The lowest BCUT2D eigenvalue weighted by Gasteiger charge is -2.18. The van der Waals surface area contributed by atoms with E-state index in [-0.39, 0.29) is 30.6 Å². The van der Waals surface area contributed by atoms with Crippen molar-refractivity contribution in [2.45, 2.75) is 32.8 Å². The van der Waals surface area contributed by atoms with Crippen LogP contribution in [0.2, 0.25) is 0 Å². The third-order valence-electron chi connectivity index (χ3n) is 3.23. The van der Waals surface area contributed by atoms with Gasteiger partial charge in [0.05, 0.1) is 6.54 Å². The first-order chi connectivity index (χ1) is 10.4. The van der Waals surface area contributed by atoms with Crippen molar-refractivity contribution in [1.29, 1.82) is 0 Å². The van der Waals surface area contributed by atoms with Gasteiger partial charge in [0.1, 0.15) is 5.60 Å². The highest BCUT2D eigenvalue weighted by Crippen LogP contribution is 2.41. The molecule has 0 fully saturated rings. The Morgan fingerprint density at radius 1 is 1.27 bits per heavy atom. The summed E-state index contributed by atoms with van der Waals surface area (Å²) in [4.78, 5) is 23.0. The van der Waals surface area contributed by atoms with Gasteiger partial charge in [-0.3, -0.25) is 9.59 Å². The number of hydrogen-bond acceptors (Lipinski definition) is 4. The SMILES string of the molecule is CCNC(=O)CNC(=O)COc1cccc2c1OC(C)(C)C2. The average Bonchev–Trinajstić information content (AvgIpc) is 2.77. The van der Waals surface area contributed by atoms with Crippen LogP contribution in [-0.4, -0.2) is 37.1 Å². The lowest BCUT2D eigenvalue weighted by atomic mass is 10.0. The van der Waals surface area contributed by atoms with Gasteiger partial charge in [0.15, 0.2) is 18.1 Å². The van der Waals surface area contributed by atoms with Crippen LogP contribution in [-0.2, 0) is 16.0 Å². The number of ether oxygens (including phenoxy) is 2. The molecule has 2 amide bonds. The molecule has 2 rings (SSSR count). The molecule has 0 spiro atoms. The van der Waals surface area contributed by atoms with Crippen molar-refractivity contribution in [3.8, 4) is 11.5 Å². The molecule has 22 heavy (non-hydrogen) atoms. The minimum Gasteiger partial charge on any atom is -0.483 e. The average molecular weight is 306 g/mol. The number of rotatable bonds is 6. The van der Waals surface area contributed by atoms with Crippen LogP contribution < -0.4 is 20.1 Å². The maximum atomic E-state index is 11.7. The molecule has 1 aromatic rings. The van der Waals surface area contributed by atoms with Crippen LogP contribution >= 0.6 is 0 Å². The number of hydrogen-bond donors (Lipinski definition) is 2. The van der Waals surface area contributed by atoms with E-state index in [1.807, 2.05) is 32.9 Å². The minimum absolute atomic E-state index is 0.0491. The van der Waals surface area contributed by atoms with Gasteiger partial charge in [0.25, 0.3) is 5.91 Å². The van der Waals surface area contributed by atoms with Crippen LogP contribution in [0.15, 0.2) is 18.2 Å². The highest BCUT2D eigenvalue weighted by molar-refractivity contribution is 5.85. The Labute approximate surface area is 130 Å². The fourth-order valence-electron chi connectivity index (χ4n) is 2.33. The second kappa shape index (κ2) is 6.68. The summed E-state index contributed by atoms with van der Waals surface area (Å²) < 4.78 is 11.4. The van der Waals surface area contributed by atoms with E-state index in [9.17, 15) is 9.59 Å². The third kappa shape index (κ3) is 4.13. The molecule has 0 saturated carbocycles. The highest BCUT2D eigenvalue weighted by atomic mass is 16.5. The quantitative estimate of drug-likeness (QED) is 0.823. The highest BCUT2D eigenvalue weighted by Gasteiger charge is 2.32. The first kappa shape index (κ1) is 16.1. The molecule has 0 unspecified atom stereocenters. The van der Waals surface area contributed by atoms with Gasteiger partial charge in [-0.1, -0.05) is 12.1 Å². The van der Waals surface area contributed by atoms with Crippen molar-refractivity contribution < 1.29 is 19.1 Å². The number of benzene rings is 1. The molecule has 0 atom stereocenters. The molecule has 0 aromatic heterocycles. The van der Waals surface area contributed by atoms with E-state index in [1.165, 1.54) is 0 Å². The van der Waals surface area contributed by atoms with E-state index in [0.29, 0.717) is 18.0 Å². The monoisotopic (exact) mass is 306 g/mol. The number of amides is 2. The summed E-state index contributed by atoms with van der Waals surface area (Å²) in [7, 11) is 0. The normalized spacial score (nSPS) is 14.7. The molecule has 1 aliphatic rings. The molecule has 120 valence electrons. The van der Waals surface area contributed by atoms with Crippen LogP contribution in [0.1, 0.15) is 26.3 Å². The second-order valence-electron chi connectivity index (χ2n) is 5.80. The van der Waals surface area contributed by atoms with Gasteiger partial charge in [0, 0.05) is 18.5 Å². The Morgan fingerprint density at radius 2 is 2.05 bits per heavy atom. The molecule has 0 aliphatic carbocycles. The fraction of sp³-hybridized carbons (Fsp3) is 0.500. The summed E-state index contributed by atoms with van der Waals surface area (Å²) in [5.74, 6) is 0.683. The zero-order valence-electron chi connectivity index (χ0n) is 13.2. The predicted octanol–water partition coefficient (Wildman–Crippen LogP) is 1.03. The lowest BCUT2D eigenvalue weighted by Crippen LogP contribution is -2.38. The van der Waals surface area contributed by atoms with Crippen LogP contribution in [0.3, 0.4) is 0 Å². The van der Waals surface area contributed by atoms with E-state index >= 15 is 0 Å². The van der Waals surface area contributed by atoms with Crippen molar-refractivity contribution in [3.05, 3.63) is 23.8 Å². The molecule has 0 radical (unpaired) electrons. The Kier molecular flexibility index (Phi) is 4.90. The van der Waals surface area contributed by atoms with Gasteiger partial charge in [-0.25, -0.2) is 0 Å². The van der Waals surface area contributed by atoms with E-state index in [2.05, 4.69) is 10.6 Å². The summed E-state index contributed by atoms with van der Waals surface area (Å²) >= 11 is 0. The van der Waals surface area contributed by atoms with Gasteiger partial charge in [-0.2, -0.15) is 0 Å². The lowest BCUT2D eigenvalue weighted by molar-refractivity contribution is -0.127. The zero-order valence-corrected chi connectivity index (χ0v) is 13.2. The maximum Gasteiger partial charge on any atom is 0.258 e. The van der Waals surface area contributed by atoms with Crippen molar-refractivity contribution in [3.63, 3.8) is 0 Å². The Hall–Kier alpha value is -2.24. The minimum atomic E-state index is -0.346. The van der Waals surface area contributed by atoms with Crippen molar-refractivity contribution in [2.75, 3.05) is 19.7 Å². The predicted molar refractivity (Wildman–Crippen MR) is 82.0 cm³/mol. The Bertz CT molecular complexity index is 569. The van der Waals surface area contributed by atoms with E-state index in [0.717, 1.165) is 12.0 Å². The van der Waals surface area contributed by atoms with Gasteiger partial charge in [0.2, 0.25) is 5.91 Å². The molecular formula is C16H22N2O4. The number of carbonyl (C=O) groups excluding carboxylic acids is 2. The smallest absolute Gasteiger partial charge is 0.258 e. The number of nitrogens with one attached hydrogen (secondary N) is 2. The largest absolute Gasteiger partial charge is 0.483 e. The Balaban J connectivity index is 1.87. The second-order valence-corrected chi connectivity index (χ2v) is 5.80. The van der Waals surface area contributed by atoms with E-state index in [1.54, 1.807) is 6.07 Å². The Morgan fingerprint density at radius 3 is 2.77 bits per heavy atom. The number of para-hydroxylation sites is 1. The summed E-state index contributed by atoms with van der Waals surface area (Å²) in [5, 5.41) is 5.11. The van der Waals surface area contributed by atoms with E-state index in [4.69, 9.17) is 9.47 Å². The fourth-order valence-corrected chi connectivity index (χ4v) is 2.33. The van der Waals surface area contributed by atoms with Crippen LogP contribution in [0.4, 0.5) is 0 Å². The molecule has 1 aliphatic heterocycles. The van der Waals surface area contributed by atoms with Crippen LogP contribution in [0, 0.1) is 0 Å². The molecule has 0 saturated heterocycles. The van der Waals surface area contributed by atoms with Crippen molar-refractivity contribution in [2.24, 2.45) is 0 Å². The number of carbonyl (C=O) groups is 2. The first-order valence-electron chi connectivity index (χ1n) is 7.38. The topological polar surface area (TPSA) is 76.7 Å². The molecule has 0 bridgehead atoms. The van der Waals surface area contributed by atoms with Gasteiger partial charge >= 0.3 is 0 Å². The zero-order chi connectivity index (χ0) is 16.2. The van der Waals surface area contributed by atoms with E-state index < -0.39 is 0 Å². The molecule has 6 nitrogen and oxygen atoms in total. The third-order valence-corrected chi connectivity index (χ3v) is 3.23. The molecule has 6 heteroatoms. The standard InChI is InChI=1S/C16H22N2O4/c1-4-17-13(19)9-18-14(20)10-21-12-7-5-6-11-8-16(2,3)22-15(11)12/h5-7H,4,8-10H2,1-3H3,(H,17,19)(H,18,20). The maximum absolute atomic E-state index is 11.7. The molecule has 1 aromatic carbocycles. The molecular weight excluding hydrogens is 284 g/mol. The summed E-state index contributed by atoms with van der Waals surface area (Å²) in [6, 6.07) is 5.65. The number of likely N-dealkylation sites (N-methyl/N-ethyl adjacent to an activating group) is 1. The summed E-state index contributed by atoms with van der Waals surface area (Å²) in [6.07, 6.45) is 0.808. The van der Waals surface area contributed by atoms with Crippen molar-refractivity contribution in [1.82, 2.24) is 10.6 Å². The molecule has 2 N–H and O–H groups in total. The molecule has 1 heterocycles. The van der Waals surface area contributed by atoms with Gasteiger partial charge < -0.3 is 20.1 Å².